The minimum atomic E-state index is -0.583. The van der Waals surface area contributed by atoms with Crippen LogP contribution in [0.2, 0.25) is 0 Å². The van der Waals surface area contributed by atoms with Gasteiger partial charge in [-0.25, -0.2) is 5.06 Å². The normalized spacial score (nSPS) is 13.4. The van der Waals surface area contributed by atoms with Gasteiger partial charge in [-0.15, -0.1) is 0 Å². The van der Waals surface area contributed by atoms with Crippen molar-refractivity contribution in [3.05, 3.63) is 28.3 Å². The molecule has 1 aliphatic rings. The summed E-state index contributed by atoms with van der Waals surface area (Å²) in [7, 11) is 2.72. The second kappa shape index (κ2) is 5.75. The number of nitro groups is 1. The molecule has 21 heavy (non-hydrogen) atoms. The number of ether oxygens (including phenoxy) is 1. The Bertz CT molecular complexity index is 603. The highest BCUT2D eigenvalue weighted by Gasteiger charge is 2.30. The van der Waals surface area contributed by atoms with Gasteiger partial charge in [-0.05, 0) is 6.07 Å². The third kappa shape index (κ3) is 2.92. The molecule has 9 heteroatoms. The van der Waals surface area contributed by atoms with Crippen LogP contribution in [0.4, 0.5) is 11.4 Å². The lowest BCUT2D eigenvalue weighted by Crippen LogP contribution is -2.45. The molecule has 1 heterocycles. The molecule has 0 saturated heterocycles. The Kier molecular flexibility index (Phi) is 4.03. The van der Waals surface area contributed by atoms with Crippen molar-refractivity contribution in [2.45, 2.75) is 0 Å². The van der Waals surface area contributed by atoms with Crippen molar-refractivity contribution in [3.63, 3.8) is 0 Å². The first-order valence-electron chi connectivity index (χ1n) is 5.96. The van der Waals surface area contributed by atoms with E-state index in [1.54, 1.807) is 0 Å². The van der Waals surface area contributed by atoms with Gasteiger partial charge in [-0.3, -0.25) is 29.4 Å². The first-order chi connectivity index (χ1) is 9.93. The van der Waals surface area contributed by atoms with Gasteiger partial charge in [-0.1, -0.05) is 0 Å². The van der Waals surface area contributed by atoms with Crippen molar-refractivity contribution in [2.24, 2.45) is 0 Å². The van der Waals surface area contributed by atoms with Crippen LogP contribution >= 0.6 is 0 Å². The zero-order valence-corrected chi connectivity index (χ0v) is 11.4. The highest BCUT2D eigenvalue weighted by atomic mass is 16.7. The molecule has 2 amide bonds. The Morgan fingerprint density at radius 1 is 1.57 bits per heavy atom. The quantitative estimate of drug-likeness (QED) is 0.586. The lowest BCUT2D eigenvalue weighted by molar-refractivity contribution is -0.384. The molecule has 1 aliphatic heterocycles. The minimum absolute atomic E-state index is 0.190. The van der Waals surface area contributed by atoms with Crippen molar-refractivity contribution in [1.29, 1.82) is 0 Å². The van der Waals surface area contributed by atoms with Crippen LogP contribution in [0.1, 0.15) is 0 Å². The number of anilines is 1. The van der Waals surface area contributed by atoms with E-state index in [4.69, 9.17) is 9.57 Å². The standard InChI is InChI=1S/C12H13N3O6/c1-13(20-2)11(16)6-14-9-5-8(15(18)19)3-4-10(9)21-7-12(14)17/h3-5H,6-7H2,1-2H3. The summed E-state index contributed by atoms with van der Waals surface area (Å²) >= 11 is 0. The number of benzene rings is 1. The number of hydrogen-bond acceptors (Lipinski definition) is 6. The van der Waals surface area contributed by atoms with Gasteiger partial charge < -0.3 is 4.74 Å². The maximum Gasteiger partial charge on any atom is 0.271 e. The van der Waals surface area contributed by atoms with E-state index in [-0.39, 0.29) is 24.5 Å². The minimum Gasteiger partial charge on any atom is -0.482 e. The number of likely N-dealkylation sites (N-methyl/N-ethyl adjacent to an activating group) is 1. The summed E-state index contributed by atoms with van der Waals surface area (Å²) in [6.07, 6.45) is 0. The van der Waals surface area contributed by atoms with Crippen LogP contribution in [-0.2, 0) is 14.4 Å². The molecule has 0 atom stereocenters. The van der Waals surface area contributed by atoms with E-state index in [1.165, 1.54) is 32.4 Å². The molecule has 0 spiro atoms. The molecule has 0 aromatic heterocycles. The zero-order chi connectivity index (χ0) is 15.6. The van der Waals surface area contributed by atoms with E-state index < -0.39 is 16.7 Å². The summed E-state index contributed by atoms with van der Waals surface area (Å²) in [5.74, 6) is -0.612. The Balaban J connectivity index is 2.34. The van der Waals surface area contributed by atoms with Gasteiger partial charge in [-0.2, -0.15) is 0 Å². The molecule has 0 aliphatic carbocycles. The predicted molar refractivity (Wildman–Crippen MR) is 70.7 cm³/mol. The van der Waals surface area contributed by atoms with E-state index >= 15 is 0 Å². The van der Waals surface area contributed by atoms with E-state index in [0.29, 0.717) is 5.75 Å². The fourth-order valence-corrected chi connectivity index (χ4v) is 1.81. The van der Waals surface area contributed by atoms with Crippen molar-refractivity contribution < 1.29 is 24.1 Å². The van der Waals surface area contributed by atoms with E-state index in [9.17, 15) is 19.7 Å². The molecule has 1 aromatic rings. The van der Waals surface area contributed by atoms with Crippen LogP contribution in [-0.4, -0.2) is 49.1 Å². The van der Waals surface area contributed by atoms with Crippen molar-refractivity contribution >= 4 is 23.2 Å². The number of fused-ring (bicyclic) bond motifs is 1. The van der Waals surface area contributed by atoms with Crippen LogP contribution in [0.25, 0.3) is 0 Å². The maximum absolute atomic E-state index is 11.9. The summed E-state index contributed by atoms with van der Waals surface area (Å²) in [4.78, 5) is 39.9. The third-order valence-corrected chi connectivity index (χ3v) is 3.01. The smallest absolute Gasteiger partial charge is 0.271 e. The average molecular weight is 295 g/mol. The van der Waals surface area contributed by atoms with Crippen LogP contribution in [0.3, 0.4) is 0 Å². The van der Waals surface area contributed by atoms with Crippen LogP contribution in [0, 0.1) is 10.1 Å². The summed E-state index contributed by atoms with van der Waals surface area (Å²) in [5.41, 5.74) is 0.00268. The molecule has 112 valence electrons. The fraction of sp³-hybridized carbons (Fsp3) is 0.333. The summed E-state index contributed by atoms with van der Waals surface area (Å²) in [6, 6.07) is 3.87. The molecule has 0 N–H and O–H groups in total. The fourth-order valence-electron chi connectivity index (χ4n) is 1.81. The highest BCUT2D eigenvalue weighted by Crippen LogP contribution is 2.35. The number of carbonyl (C=O) groups is 2. The Morgan fingerprint density at radius 3 is 2.90 bits per heavy atom. The number of hydrogen-bond donors (Lipinski definition) is 0. The molecule has 2 rings (SSSR count). The van der Waals surface area contributed by atoms with Crippen molar-refractivity contribution in [1.82, 2.24) is 5.06 Å². The molecule has 0 bridgehead atoms. The summed E-state index contributed by atoms with van der Waals surface area (Å²) in [6.45, 7) is -0.518. The first kappa shape index (κ1) is 14.7. The van der Waals surface area contributed by atoms with Gasteiger partial charge in [0.05, 0.1) is 17.7 Å². The lowest BCUT2D eigenvalue weighted by atomic mass is 10.2. The molecular weight excluding hydrogens is 282 g/mol. The first-order valence-corrected chi connectivity index (χ1v) is 5.96. The largest absolute Gasteiger partial charge is 0.482 e. The van der Waals surface area contributed by atoms with Gasteiger partial charge in [0.25, 0.3) is 17.5 Å². The second-order valence-electron chi connectivity index (χ2n) is 4.25. The lowest BCUT2D eigenvalue weighted by Gasteiger charge is -2.29. The molecule has 0 radical (unpaired) electrons. The number of hydroxylamine groups is 2. The molecule has 9 nitrogen and oxygen atoms in total. The maximum atomic E-state index is 11.9. The summed E-state index contributed by atoms with van der Waals surface area (Å²) in [5, 5.41) is 11.8. The predicted octanol–water partition coefficient (Wildman–Crippen LogP) is 0.340. The number of nitrogens with zero attached hydrogens (tertiary/aromatic N) is 3. The molecule has 0 saturated carbocycles. The van der Waals surface area contributed by atoms with Gasteiger partial charge in [0.1, 0.15) is 12.3 Å². The third-order valence-electron chi connectivity index (χ3n) is 3.01. The van der Waals surface area contributed by atoms with Crippen molar-refractivity contribution in [3.8, 4) is 5.75 Å². The summed E-state index contributed by atoms with van der Waals surface area (Å²) < 4.78 is 5.20. The second-order valence-corrected chi connectivity index (χ2v) is 4.25. The van der Waals surface area contributed by atoms with Gasteiger partial charge >= 0.3 is 0 Å². The Morgan fingerprint density at radius 2 is 2.29 bits per heavy atom. The van der Waals surface area contributed by atoms with Gasteiger partial charge in [0.15, 0.2) is 6.61 Å². The van der Waals surface area contributed by atoms with E-state index in [1.807, 2.05) is 0 Å². The number of amides is 2. The zero-order valence-electron chi connectivity index (χ0n) is 11.4. The SMILES string of the molecule is CON(C)C(=O)CN1C(=O)COc2ccc([N+](=O)[O-])cc21. The molecule has 0 fully saturated rings. The number of carbonyl (C=O) groups excluding carboxylic acids is 2. The van der Waals surface area contributed by atoms with Crippen LogP contribution < -0.4 is 9.64 Å². The van der Waals surface area contributed by atoms with Crippen LogP contribution in [0.15, 0.2) is 18.2 Å². The number of non-ortho nitro benzene ring substituents is 1. The Labute approximate surface area is 119 Å². The number of rotatable bonds is 4. The Hall–Kier alpha value is -2.68. The van der Waals surface area contributed by atoms with E-state index in [2.05, 4.69) is 0 Å². The van der Waals surface area contributed by atoms with Crippen molar-refractivity contribution in [2.75, 3.05) is 32.2 Å². The highest BCUT2D eigenvalue weighted by molar-refractivity contribution is 6.02. The van der Waals surface area contributed by atoms with Gasteiger partial charge in [0, 0.05) is 19.2 Å². The monoisotopic (exact) mass is 295 g/mol. The van der Waals surface area contributed by atoms with Crippen LogP contribution in [0.5, 0.6) is 5.75 Å². The molecule has 1 aromatic carbocycles. The van der Waals surface area contributed by atoms with Gasteiger partial charge in [0.2, 0.25) is 0 Å². The molecule has 0 unspecified atom stereocenters. The average Bonchev–Trinajstić information content (AvgIpc) is 2.48. The van der Waals surface area contributed by atoms with E-state index in [0.717, 1.165) is 9.96 Å². The topological polar surface area (TPSA) is 102 Å². The molecular formula is C12H13N3O6. The number of nitro benzene ring substituents is 1.